The van der Waals surface area contributed by atoms with E-state index in [4.69, 9.17) is 19.3 Å². The third-order valence-corrected chi connectivity index (χ3v) is 8.89. The lowest BCUT2D eigenvalue weighted by atomic mass is 10.0. The van der Waals surface area contributed by atoms with Crippen LogP contribution in [0.3, 0.4) is 0 Å². The number of allylic oxidation sites excluding steroid dienone is 9. The Balaban J connectivity index is 4.13. The van der Waals surface area contributed by atoms with Crippen LogP contribution in [0.25, 0.3) is 0 Å². The van der Waals surface area contributed by atoms with Crippen LogP contribution in [0.2, 0.25) is 0 Å². The number of phosphoric acid groups is 1. The van der Waals surface area contributed by atoms with Gasteiger partial charge in [0, 0.05) is 12.8 Å². The van der Waals surface area contributed by atoms with Crippen molar-refractivity contribution in [3.05, 3.63) is 60.8 Å². The van der Waals surface area contributed by atoms with E-state index in [0.29, 0.717) is 19.3 Å². The van der Waals surface area contributed by atoms with E-state index in [0.717, 1.165) is 44.9 Å². The van der Waals surface area contributed by atoms with Gasteiger partial charge in [-0.05, 0) is 44.9 Å². The molecule has 0 aliphatic carbocycles. The highest BCUT2D eigenvalue weighted by Crippen LogP contribution is 2.36. The SMILES string of the molecule is CC/C=C\C/C=C\C/C=C\C/C=C\C=C\C(O)CCCC(=O)O[C@H](COC(=O)CCCCCCCCCCCCCCCCCC)COP(=O)(O)O. The predicted octanol–water partition coefficient (Wildman–Crippen LogP) is 11.1. The zero-order chi connectivity index (χ0) is 38.4. The van der Waals surface area contributed by atoms with Gasteiger partial charge in [0.05, 0.1) is 12.7 Å². The van der Waals surface area contributed by atoms with Crippen LogP contribution in [0.15, 0.2) is 60.8 Å². The van der Waals surface area contributed by atoms with Gasteiger partial charge in [0.15, 0.2) is 6.10 Å². The van der Waals surface area contributed by atoms with E-state index in [-0.39, 0.29) is 19.4 Å². The summed E-state index contributed by atoms with van der Waals surface area (Å²) in [5.74, 6) is -1.09. The average molecular weight is 753 g/mol. The van der Waals surface area contributed by atoms with Crippen molar-refractivity contribution < 1.29 is 43.0 Å². The van der Waals surface area contributed by atoms with Crippen LogP contribution < -0.4 is 0 Å². The van der Waals surface area contributed by atoms with Crippen molar-refractivity contribution in [3.63, 3.8) is 0 Å². The maximum absolute atomic E-state index is 12.4. The predicted molar refractivity (Wildman–Crippen MR) is 213 cm³/mol. The topological polar surface area (TPSA) is 140 Å². The van der Waals surface area contributed by atoms with Crippen molar-refractivity contribution in [2.24, 2.45) is 0 Å². The molecular weight excluding hydrogens is 679 g/mol. The number of aliphatic hydroxyl groups is 1. The van der Waals surface area contributed by atoms with Gasteiger partial charge in [-0.15, -0.1) is 0 Å². The summed E-state index contributed by atoms with van der Waals surface area (Å²) < 4.78 is 26.2. The second kappa shape index (κ2) is 37.0. The van der Waals surface area contributed by atoms with Crippen molar-refractivity contribution in [1.29, 1.82) is 0 Å². The fourth-order valence-electron chi connectivity index (χ4n) is 5.40. The number of phosphoric ester groups is 1. The molecule has 0 spiro atoms. The number of ether oxygens (including phenoxy) is 2. The first kappa shape index (κ1) is 49.7. The molecule has 9 nitrogen and oxygen atoms in total. The number of carbonyl (C=O) groups is 2. The van der Waals surface area contributed by atoms with Gasteiger partial charge >= 0.3 is 19.8 Å². The van der Waals surface area contributed by atoms with Crippen LogP contribution in [-0.4, -0.2) is 52.3 Å². The third kappa shape index (κ3) is 38.9. The molecule has 0 saturated heterocycles. The largest absolute Gasteiger partial charge is 0.469 e. The Kier molecular flexibility index (Phi) is 35.4. The fraction of sp³-hybridized carbons (Fsp3) is 0.714. The molecular formula is C42H73O9P. The Labute approximate surface area is 316 Å². The monoisotopic (exact) mass is 752 g/mol. The molecule has 0 aliphatic heterocycles. The Bertz CT molecular complexity index is 1040. The highest BCUT2D eigenvalue weighted by molar-refractivity contribution is 7.46. The Morgan fingerprint density at radius 2 is 1.08 bits per heavy atom. The highest BCUT2D eigenvalue weighted by atomic mass is 31.2. The molecule has 0 radical (unpaired) electrons. The van der Waals surface area contributed by atoms with Crippen LogP contribution in [0, 0.1) is 0 Å². The summed E-state index contributed by atoms with van der Waals surface area (Å²) in [5.41, 5.74) is 0. The summed E-state index contributed by atoms with van der Waals surface area (Å²) in [6.07, 6.45) is 42.6. The lowest BCUT2D eigenvalue weighted by molar-refractivity contribution is -0.161. The average Bonchev–Trinajstić information content (AvgIpc) is 3.10. The van der Waals surface area contributed by atoms with Gasteiger partial charge in [-0.1, -0.05) is 171 Å². The summed E-state index contributed by atoms with van der Waals surface area (Å²) in [5, 5.41) is 10.2. The molecule has 0 bridgehead atoms. The van der Waals surface area contributed by atoms with Gasteiger partial charge in [0.25, 0.3) is 0 Å². The molecule has 0 aromatic carbocycles. The minimum atomic E-state index is -4.81. The van der Waals surface area contributed by atoms with Crippen LogP contribution >= 0.6 is 7.82 Å². The second-order valence-corrected chi connectivity index (χ2v) is 14.7. The van der Waals surface area contributed by atoms with Gasteiger partial charge in [-0.3, -0.25) is 14.1 Å². The summed E-state index contributed by atoms with van der Waals surface area (Å²) in [4.78, 5) is 42.8. The summed E-state index contributed by atoms with van der Waals surface area (Å²) in [6, 6.07) is 0. The maximum Gasteiger partial charge on any atom is 0.469 e. The Hall–Kier alpha value is -2.29. The van der Waals surface area contributed by atoms with Crippen molar-refractivity contribution in [1.82, 2.24) is 0 Å². The molecule has 0 aromatic rings. The number of unbranched alkanes of at least 4 members (excludes halogenated alkanes) is 15. The molecule has 0 aromatic heterocycles. The van der Waals surface area contributed by atoms with Crippen molar-refractivity contribution in [2.75, 3.05) is 13.2 Å². The Morgan fingerprint density at radius 1 is 0.596 bits per heavy atom. The first-order chi connectivity index (χ1) is 25.2. The number of hydrogen-bond acceptors (Lipinski definition) is 7. The standard InChI is InChI=1S/C42H73O9P/c1-3-5-7-9-11-13-15-17-18-19-21-23-25-27-29-31-35-41(44)49-37-40(38-50-52(46,47)48)51-42(45)36-32-34-39(43)33-30-28-26-24-22-20-16-14-12-10-8-6-4-2/h6,8,12,14,20,22,26,28,30,33,39-40,43H,3-5,7,9-11,13,15-19,21,23-25,27,29,31-32,34-38H2,1-2H3,(H2,46,47,48)/b8-6-,14-12-,22-20-,28-26-,33-30+/t39?,40-/m1/s1. The van der Waals surface area contributed by atoms with E-state index in [1.807, 2.05) is 12.2 Å². The van der Waals surface area contributed by atoms with Crippen molar-refractivity contribution in [2.45, 2.75) is 180 Å². The Morgan fingerprint density at radius 3 is 1.60 bits per heavy atom. The van der Waals surface area contributed by atoms with Gasteiger partial charge in [-0.25, -0.2) is 4.57 Å². The molecule has 10 heteroatoms. The molecule has 0 rings (SSSR count). The van der Waals surface area contributed by atoms with E-state index < -0.39 is 38.6 Å². The fourth-order valence-corrected chi connectivity index (χ4v) is 5.76. The molecule has 52 heavy (non-hydrogen) atoms. The van der Waals surface area contributed by atoms with Gasteiger partial charge < -0.3 is 24.4 Å². The van der Waals surface area contributed by atoms with Crippen LogP contribution in [-0.2, 0) is 28.2 Å². The van der Waals surface area contributed by atoms with Crippen LogP contribution in [0.1, 0.15) is 168 Å². The van der Waals surface area contributed by atoms with Crippen LogP contribution in [0.5, 0.6) is 0 Å². The van der Waals surface area contributed by atoms with E-state index in [9.17, 15) is 19.3 Å². The van der Waals surface area contributed by atoms with E-state index in [2.05, 4.69) is 54.8 Å². The highest BCUT2D eigenvalue weighted by Gasteiger charge is 2.23. The van der Waals surface area contributed by atoms with Gasteiger partial charge in [-0.2, -0.15) is 0 Å². The molecule has 0 fully saturated rings. The maximum atomic E-state index is 12.4. The third-order valence-electron chi connectivity index (χ3n) is 8.40. The van der Waals surface area contributed by atoms with Crippen molar-refractivity contribution in [3.8, 4) is 0 Å². The van der Waals surface area contributed by atoms with Gasteiger partial charge in [0.2, 0.25) is 0 Å². The lowest BCUT2D eigenvalue weighted by Crippen LogP contribution is -2.29. The molecule has 0 saturated carbocycles. The quantitative estimate of drug-likeness (QED) is 0.0187. The molecule has 3 N–H and O–H groups in total. The first-order valence-corrected chi connectivity index (χ1v) is 21.7. The summed E-state index contributed by atoms with van der Waals surface area (Å²) >= 11 is 0. The number of aliphatic hydroxyl groups excluding tert-OH is 1. The molecule has 0 heterocycles. The molecule has 0 aliphatic rings. The molecule has 1 unspecified atom stereocenters. The zero-order valence-electron chi connectivity index (χ0n) is 32.6. The minimum absolute atomic E-state index is 0.0194. The first-order valence-electron chi connectivity index (χ1n) is 20.2. The van der Waals surface area contributed by atoms with E-state index in [1.54, 1.807) is 12.2 Å². The van der Waals surface area contributed by atoms with E-state index >= 15 is 0 Å². The molecule has 2 atom stereocenters. The normalized spacial score (nSPS) is 13.7. The number of esters is 2. The lowest BCUT2D eigenvalue weighted by Gasteiger charge is -2.18. The van der Waals surface area contributed by atoms with Gasteiger partial charge in [0.1, 0.15) is 6.61 Å². The van der Waals surface area contributed by atoms with Crippen molar-refractivity contribution >= 4 is 19.8 Å². The number of hydrogen-bond donors (Lipinski definition) is 3. The number of rotatable bonds is 36. The zero-order valence-corrected chi connectivity index (χ0v) is 33.4. The number of carbonyl (C=O) groups excluding carboxylic acids is 2. The summed E-state index contributed by atoms with van der Waals surface area (Å²) in [6.45, 7) is 3.41. The molecule has 0 amide bonds. The molecule has 300 valence electrons. The smallest absolute Gasteiger partial charge is 0.462 e. The van der Waals surface area contributed by atoms with Crippen LogP contribution in [0.4, 0.5) is 0 Å². The second-order valence-electron chi connectivity index (χ2n) is 13.4. The summed E-state index contributed by atoms with van der Waals surface area (Å²) in [7, 11) is -4.81. The minimum Gasteiger partial charge on any atom is -0.462 e. The van der Waals surface area contributed by atoms with E-state index in [1.165, 1.54) is 77.0 Å².